The standard InChI is InChI=1S/C24H29NO5/c1-24(2,3)30-23(28)25-20(22(27)29-16-18-12-8-5-9-13-18)15-19(21(25)26)14-17-10-6-4-7-11-17/h4-13,19-21,26H,14-16H2,1-3H3/t19-,20+,21?/m0/s1. The van der Waals surface area contributed by atoms with Gasteiger partial charge in [0.2, 0.25) is 0 Å². The molecule has 3 rings (SSSR count). The van der Waals surface area contributed by atoms with Crippen LogP contribution >= 0.6 is 0 Å². The van der Waals surface area contributed by atoms with E-state index in [1.807, 2.05) is 60.7 Å². The molecule has 6 nitrogen and oxygen atoms in total. The smallest absolute Gasteiger partial charge is 0.413 e. The van der Waals surface area contributed by atoms with Crippen molar-refractivity contribution in [2.45, 2.75) is 58.1 Å². The molecule has 30 heavy (non-hydrogen) atoms. The van der Waals surface area contributed by atoms with Crippen LogP contribution in [0, 0.1) is 5.92 Å². The number of aliphatic hydroxyl groups is 1. The Morgan fingerprint density at radius 3 is 2.13 bits per heavy atom. The Morgan fingerprint density at radius 2 is 1.57 bits per heavy atom. The van der Waals surface area contributed by atoms with Gasteiger partial charge in [0.25, 0.3) is 0 Å². The molecule has 0 radical (unpaired) electrons. The molecule has 0 aromatic heterocycles. The molecule has 0 saturated carbocycles. The molecule has 1 unspecified atom stereocenters. The summed E-state index contributed by atoms with van der Waals surface area (Å²) >= 11 is 0. The van der Waals surface area contributed by atoms with Crippen LogP contribution in [0.4, 0.5) is 4.79 Å². The van der Waals surface area contributed by atoms with E-state index in [4.69, 9.17) is 9.47 Å². The second-order valence-corrected chi connectivity index (χ2v) is 8.60. The topological polar surface area (TPSA) is 76.1 Å². The zero-order valence-corrected chi connectivity index (χ0v) is 17.7. The Kier molecular flexibility index (Phi) is 6.77. The van der Waals surface area contributed by atoms with Gasteiger partial charge >= 0.3 is 12.1 Å². The van der Waals surface area contributed by atoms with Crippen LogP contribution in [-0.4, -0.2) is 39.9 Å². The summed E-state index contributed by atoms with van der Waals surface area (Å²) in [6.07, 6.45) is -0.992. The summed E-state index contributed by atoms with van der Waals surface area (Å²) in [5.74, 6) is -0.839. The maximum Gasteiger partial charge on any atom is 0.413 e. The number of carbonyl (C=O) groups is 2. The number of benzene rings is 2. The number of hydrogen-bond acceptors (Lipinski definition) is 5. The Balaban J connectivity index is 1.75. The monoisotopic (exact) mass is 411 g/mol. The van der Waals surface area contributed by atoms with E-state index < -0.39 is 29.9 Å². The molecule has 0 spiro atoms. The summed E-state index contributed by atoms with van der Waals surface area (Å²) < 4.78 is 10.9. The molecule has 1 aliphatic rings. The van der Waals surface area contributed by atoms with Gasteiger partial charge in [-0.3, -0.25) is 4.90 Å². The minimum absolute atomic E-state index is 0.109. The molecule has 1 saturated heterocycles. The number of likely N-dealkylation sites (tertiary alicyclic amines) is 1. The molecule has 0 aliphatic carbocycles. The highest BCUT2D eigenvalue weighted by Crippen LogP contribution is 2.33. The van der Waals surface area contributed by atoms with Crippen molar-refractivity contribution in [1.29, 1.82) is 0 Å². The fourth-order valence-corrected chi connectivity index (χ4v) is 3.62. The van der Waals surface area contributed by atoms with Gasteiger partial charge in [-0.2, -0.15) is 0 Å². The molecule has 1 aliphatic heterocycles. The Hall–Kier alpha value is -2.86. The molecule has 6 heteroatoms. The molecule has 0 bridgehead atoms. The van der Waals surface area contributed by atoms with Gasteiger partial charge in [0, 0.05) is 5.92 Å². The Bertz CT molecular complexity index is 847. The Morgan fingerprint density at radius 1 is 1.00 bits per heavy atom. The fraction of sp³-hybridized carbons (Fsp3) is 0.417. The number of ether oxygens (including phenoxy) is 2. The van der Waals surface area contributed by atoms with Crippen molar-refractivity contribution < 1.29 is 24.2 Å². The highest BCUT2D eigenvalue weighted by Gasteiger charge is 2.48. The van der Waals surface area contributed by atoms with Crippen LogP contribution in [-0.2, 0) is 27.3 Å². The third-order valence-electron chi connectivity index (χ3n) is 5.01. The number of esters is 1. The van der Waals surface area contributed by atoms with Crippen LogP contribution in [0.15, 0.2) is 60.7 Å². The summed E-state index contributed by atoms with van der Waals surface area (Å²) in [5.41, 5.74) is 1.14. The predicted molar refractivity (Wildman–Crippen MR) is 112 cm³/mol. The van der Waals surface area contributed by atoms with Crippen LogP contribution in [0.1, 0.15) is 38.3 Å². The van der Waals surface area contributed by atoms with E-state index in [-0.39, 0.29) is 12.5 Å². The molecule has 1 heterocycles. The van der Waals surface area contributed by atoms with Gasteiger partial charge in [0.05, 0.1) is 0 Å². The average molecular weight is 411 g/mol. The largest absolute Gasteiger partial charge is 0.459 e. The van der Waals surface area contributed by atoms with Gasteiger partial charge in [-0.25, -0.2) is 9.59 Å². The van der Waals surface area contributed by atoms with Crippen LogP contribution in [0.2, 0.25) is 0 Å². The number of aliphatic hydroxyl groups excluding tert-OH is 1. The number of rotatable bonds is 5. The van der Waals surface area contributed by atoms with Crippen molar-refractivity contribution in [2.24, 2.45) is 5.92 Å². The van der Waals surface area contributed by atoms with Gasteiger partial charge < -0.3 is 14.6 Å². The van der Waals surface area contributed by atoms with Crippen LogP contribution < -0.4 is 0 Å². The molecule has 160 valence electrons. The summed E-state index contributed by atoms with van der Waals surface area (Å²) in [6, 6.07) is 18.1. The molecule has 1 amide bonds. The van der Waals surface area contributed by atoms with Crippen LogP contribution in [0.5, 0.6) is 0 Å². The zero-order chi connectivity index (χ0) is 21.7. The van der Waals surface area contributed by atoms with E-state index in [1.54, 1.807) is 20.8 Å². The zero-order valence-electron chi connectivity index (χ0n) is 17.7. The number of nitrogens with zero attached hydrogens (tertiary/aromatic N) is 1. The Labute approximate surface area is 177 Å². The van der Waals surface area contributed by atoms with Crippen molar-refractivity contribution in [3.8, 4) is 0 Å². The molecule has 1 fully saturated rings. The lowest BCUT2D eigenvalue weighted by atomic mass is 9.95. The lowest BCUT2D eigenvalue weighted by molar-refractivity contribution is -0.152. The second kappa shape index (κ2) is 9.30. The summed E-state index contributed by atoms with van der Waals surface area (Å²) in [7, 11) is 0. The molecule has 1 N–H and O–H groups in total. The quantitative estimate of drug-likeness (QED) is 0.755. The molecular weight excluding hydrogens is 382 g/mol. The third-order valence-corrected chi connectivity index (χ3v) is 5.01. The number of hydrogen-bond donors (Lipinski definition) is 1. The lowest BCUT2D eigenvalue weighted by Crippen LogP contribution is -2.48. The number of carbonyl (C=O) groups excluding carboxylic acids is 2. The van der Waals surface area contributed by atoms with E-state index >= 15 is 0 Å². The number of amides is 1. The third kappa shape index (κ3) is 5.60. The van der Waals surface area contributed by atoms with Crippen LogP contribution in [0.3, 0.4) is 0 Å². The van der Waals surface area contributed by atoms with Gasteiger partial charge in [-0.05, 0) is 44.7 Å². The van der Waals surface area contributed by atoms with Crippen molar-refractivity contribution in [2.75, 3.05) is 0 Å². The normalized spacial score (nSPS) is 21.3. The summed E-state index contributed by atoms with van der Waals surface area (Å²) in [5, 5.41) is 10.9. The highest BCUT2D eigenvalue weighted by atomic mass is 16.6. The van der Waals surface area contributed by atoms with Gasteiger partial charge in [0.15, 0.2) is 0 Å². The first kappa shape index (κ1) is 21.8. The first-order valence-corrected chi connectivity index (χ1v) is 10.2. The molecule has 2 aromatic rings. The van der Waals surface area contributed by atoms with Gasteiger partial charge in [-0.15, -0.1) is 0 Å². The second-order valence-electron chi connectivity index (χ2n) is 8.60. The van der Waals surface area contributed by atoms with Crippen molar-refractivity contribution in [1.82, 2.24) is 4.90 Å². The van der Waals surface area contributed by atoms with Gasteiger partial charge in [-0.1, -0.05) is 60.7 Å². The van der Waals surface area contributed by atoms with E-state index in [2.05, 4.69) is 0 Å². The van der Waals surface area contributed by atoms with E-state index in [0.29, 0.717) is 12.8 Å². The van der Waals surface area contributed by atoms with Crippen molar-refractivity contribution >= 4 is 12.1 Å². The van der Waals surface area contributed by atoms with E-state index in [9.17, 15) is 14.7 Å². The van der Waals surface area contributed by atoms with Gasteiger partial charge in [0.1, 0.15) is 24.5 Å². The first-order valence-electron chi connectivity index (χ1n) is 10.2. The minimum atomic E-state index is -1.13. The highest BCUT2D eigenvalue weighted by molar-refractivity contribution is 5.82. The molecular formula is C24H29NO5. The fourth-order valence-electron chi connectivity index (χ4n) is 3.62. The maximum absolute atomic E-state index is 12.9. The summed E-state index contributed by atoms with van der Waals surface area (Å²) in [6.45, 7) is 5.35. The lowest BCUT2D eigenvalue weighted by Gasteiger charge is -2.30. The van der Waals surface area contributed by atoms with Crippen molar-refractivity contribution in [3.63, 3.8) is 0 Å². The predicted octanol–water partition coefficient (Wildman–Crippen LogP) is 3.92. The maximum atomic E-state index is 12.9. The van der Waals surface area contributed by atoms with E-state index in [1.165, 1.54) is 0 Å². The molecule has 2 aromatic carbocycles. The van der Waals surface area contributed by atoms with E-state index in [0.717, 1.165) is 16.0 Å². The van der Waals surface area contributed by atoms with Crippen LogP contribution in [0.25, 0.3) is 0 Å². The minimum Gasteiger partial charge on any atom is -0.459 e. The average Bonchev–Trinajstić information content (AvgIpc) is 3.03. The summed E-state index contributed by atoms with van der Waals surface area (Å²) in [4.78, 5) is 26.8. The SMILES string of the molecule is CC(C)(C)OC(=O)N1C(O)[C@@H](Cc2ccccc2)C[C@@H]1C(=O)OCc1ccccc1. The molecule has 3 atom stereocenters. The van der Waals surface area contributed by atoms with Crippen molar-refractivity contribution in [3.05, 3.63) is 71.8 Å². The first-order chi connectivity index (χ1) is 14.2.